The highest BCUT2D eigenvalue weighted by Gasteiger charge is 2.41. The predicted molar refractivity (Wildman–Crippen MR) is 66.6 cm³/mol. The van der Waals surface area contributed by atoms with Crippen LogP contribution in [0.1, 0.15) is 18.4 Å². The van der Waals surface area contributed by atoms with Gasteiger partial charge in [0.25, 0.3) is 5.69 Å². The molecule has 0 atom stereocenters. The number of anilines is 1. The van der Waals surface area contributed by atoms with Crippen molar-refractivity contribution in [2.24, 2.45) is 5.92 Å². The summed E-state index contributed by atoms with van der Waals surface area (Å²) in [6, 6.07) is 1.39. The fourth-order valence-electron chi connectivity index (χ4n) is 2.40. The van der Waals surface area contributed by atoms with Gasteiger partial charge >= 0.3 is 6.18 Å². The first kappa shape index (κ1) is 14.5. The summed E-state index contributed by atoms with van der Waals surface area (Å²) < 4.78 is 37.7. The van der Waals surface area contributed by atoms with Crippen LogP contribution in [0.3, 0.4) is 0 Å². The first-order valence-corrected chi connectivity index (χ1v) is 6.21. The molecular weight excluding hydrogens is 275 g/mol. The number of hydrogen-bond donors (Lipinski definition) is 0. The molecule has 1 saturated heterocycles. The molecule has 1 aliphatic rings. The fourth-order valence-corrected chi connectivity index (χ4v) is 2.40. The zero-order valence-electron chi connectivity index (χ0n) is 10.9. The van der Waals surface area contributed by atoms with E-state index in [4.69, 9.17) is 0 Å². The van der Waals surface area contributed by atoms with E-state index in [1.807, 2.05) is 0 Å². The van der Waals surface area contributed by atoms with Crippen molar-refractivity contribution >= 4 is 11.5 Å². The van der Waals surface area contributed by atoms with Gasteiger partial charge in [-0.25, -0.2) is 4.98 Å². The number of aromatic nitrogens is 1. The van der Waals surface area contributed by atoms with Gasteiger partial charge in [0.05, 0.1) is 10.8 Å². The van der Waals surface area contributed by atoms with Crippen LogP contribution in [0.25, 0.3) is 0 Å². The lowest BCUT2D eigenvalue weighted by Crippen LogP contribution is -2.39. The molecule has 2 heterocycles. The van der Waals surface area contributed by atoms with Crippen LogP contribution in [0.5, 0.6) is 0 Å². The number of hydrogen-bond acceptors (Lipinski definition) is 4. The Hall–Kier alpha value is -1.86. The maximum atomic E-state index is 12.6. The van der Waals surface area contributed by atoms with Crippen LogP contribution in [0.2, 0.25) is 0 Å². The van der Waals surface area contributed by atoms with E-state index in [0.29, 0.717) is 11.4 Å². The van der Waals surface area contributed by atoms with Crippen LogP contribution in [-0.4, -0.2) is 29.2 Å². The molecule has 0 aromatic carbocycles. The molecule has 0 N–H and O–H groups in total. The van der Waals surface area contributed by atoms with Crippen molar-refractivity contribution in [2.45, 2.75) is 25.9 Å². The lowest BCUT2D eigenvalue weighted by atomic mass is 9.96. The Bertz CT molecular complexity index is 511. The van der Waals surface area contributed by atoms with Crippen molar-refractivity contribution < 1.29 is 18.1 Å². The zero-order valence-corrected chi connectivity index (χ0v) is 10.9. The number of halogens is 3. The SMILES string of the molecule is Cc1cc([N+](=O)[O-])cnc1N1CCC(C(F)(F)F)CC1. The van der Waals surface area contributed by atoms with Gasteiger partial charge in [0.15, 0.2) is 0 Å². The largest absolute Gasteiger partial charge is 0.391 e. The summed E-state index contributed by atoms with van der Waals surface area (Å²) in [4.78, 5) is 15.8. The molecule has 0 saturated carbocycles. The van der Waals surface area contributed by atoms with Gasteiger partial charge in [0, 0.05) is 19.2 Å². The molecule has 0 amide bonds. The van der Waals surface area contributed by atoms with Gasteiger partial charge in [-0.2, -0.15) is 13.2 Å². The Balaban J connectivity index is 2.09. The summed E-state index contributed by atoms with van der Waals surface area (Å²) in [5.41, 5.74) is 0.487. The number of rotatable bonds is 2. The van der Waals surface area contributed by atoms with Crippen molar-refractivity contribution in [3.8, 4) is 0 Å². The van der Waals surface area contributed by atoms with Crippen molar-refractivity contribution in [2.75, 3.05) is 18.0 Å². The standard InChI is InChI=1S/C12H14F3N3O2/c1-8-6-10(18(19)20)7-16-11(8)17-4-2-9(3-5-17)12(13,14)15/h6-7,9H,2-5H2,1H3. The van der Waals surface area contributed by atoms with Gasteiger partial charge in [-0.15, -0.1) is 0 Å². The molecule has 5 nitrogen and oxygen atoms in total. The Morgan fingerprint density at radius 1 is 1.40 bits per heavy atom. The van der Waals surface area contributed by atoms with Gasteiger partial charge < -0.3 is 4.90 Å². The monoisotopic (exact) mass is 289 g/mol. The normalized spacial score (nSPS) is 17.3. The predicted octanol–water partition coefficient (Wildman–Crippen LogP) is 3.08. The minimum Gasteiger partial charge on any atom is -0.356 e. The van der Waals surface area contributed by atoms with Gasteiger partial charge in [-0.1, -0.05) is 0 Å². The Morgan fingerprint density at radius 2 is 2.00 bits per heavy atom. The van der Waals surface area contributed by atoms with Crippen LogP contribution in [-0.2, 0) is 0 Å². The summed E-state index contributed by atoms with van der Waals surface area (Å²) in [6.07, 6.45) is -2.95. The van der Waals surface area contributed by atoms with Crippen LogP contribution in [0.4, 0.5) is 24.7 Å². The van der Waals surface area contributed by atoms with E-state index < -0.39 is 17.0 Å². The van der Waals surface area contributed by atoms with E-state index >= 15 is 0 Å². The molecule has 0 spiro atoms. The number of nitro groups is 1. The number of alkyl halides is 3. The van der Waals surface area contributed by atoms with E-state index in [9.17, 15) is 23.3 Å². The first-order valence-electron chi connectivity index (χ1n) is 6.21. The summed E-state index contributed by atoms with van der Waals surface area (Å²) >= 11 is 0. The molecule has 1 aromatic heterocycles. The minimum absolute atomic E-state index is 0.0294. The van der Waals surface area contributed by atoms with Crippen LogP contribution in [0, 0.1) is 23.0 Å². The molecule has 0 bridgehead atoms. The summed E-state index contributed by atoms with van der Waals surface area (Å²) in [7, 11) is 0. The van der Waals surface area contributed by atoms with Crippen molar-refractivity contribution in [3.05, 3.63) is 27.9 Å². The average Bonchev–Trinajstić information content (AvgIpc) is 2.37. The third-order valence-corrected chi connectivity index (χ3v) is 3.50. The second kappa shape index (κ2) is 5.26. The average molecular weight is 289 g/mol. The van der Waals surface area contributed by atoms with E-state index in [2.05, 4.69) is 4.98 Å². The van der Waals surface area contributed by atoms with E-state index in [1.54, 1.807) is 11.8 Å². The Kier molecular flexibility index (Phi) is 3.82. The molecule has 1 aromatic rings. The van der Waals surface area contributed by atoms with Crippen LogP contribution < -0.4 is 4.90 Å². The molecule has 110 valence electrons. The third kappa shape index (κ3) is 3.00. The topological polar surface area (TPSA) is 59.3 Å². The molecule has 8 heteroatoms. The van der Waals surface area contributed by atoms with Crippen molar-refractivity contribution in [3.63, 3.8) is 0 Å². The molecule has 1 aliphatic heterocycles. The summed E-state index contributed by atoms with van der Waals surface area (Å²) in [5, 5.41) is 10.6. The maximum absolute atomic E-state index is 12.6. The maximum Gasteiger partial charge on any atom is 0.391 e. The highest BCUT2D eigenvalue weighted by molar-refractivity contribution is 5.50. The Labute approximate surface area is 113 Å². The lowest BCUT2D eigenvalue weighted by Gasteiger charge is -2.34. The first-order chi connectivity index (χ1) is 9.29. The number of aryl methyl sites for hydroxylation is 1. The molecule has 1 fully saturated rings. The van der Waals surface area contributed by atoms with E-state index in [-0.39, 0.29) is 31.6 Å². The molecule has 20 heavy (non-hydrogen) atoms. The second-order valence-corrected chi connectivity index (χ2v) is 4.89. The summed E-state index contributed by atoms with van der Waals surface area (Å²) in [6.45, 7) is 2.19. The lowest BCUT2D eigenvalue weighted by molar-refractivity contribution is -0.385. The Morgan fingerprint density at radius 3 is 2.45 bits per heavy atom. The van der Waals surface area contributed by atoms with Gasteiger partial charge in [-0.05, 0) is 25.3 Å². The second-order valence-electron chi connectivity index (χ2n) is 4.89. The van der Waals surface area contributed by atoms with Crippen LogP contribution in [0.15, 0.2) is 12.3 Å². The van der Waals surface area contributed by atoms with Crippen molar-refractivity contribution in [1.29, 1.82) is 0 Å². The molecule has 0 radical (unpaired) electrons. The molecular formula is C12H14F3N3O2. The minimum atomic E-state index is -4.15. The number of nitrogens with zero attached hydrogens (tertiary/aromatic N) is 3. The molecule has 0 aliphatic carbocycles. The highest BCUT2D eigenvalue weighted by Crippen LogP contribution is 2.35. The molecule has 0 unspecified atom stereocenters. The van der Waals surface area contributed by atoms with Crippen molar-refractivity contribution in [1.82, 2.24) is 4.98 Å². The quantitative estimate of drug-likeness (QED) is 0.620. The zero-order chi connectivity index (χ0) is 14.9. The molecule has 2 rings (SSSR count). The van der Waals surface area contributed by atoms with Crippen LogP contribution >= 0.6 is 0 Å². The number of pyridine rings is 1. The van der Waals surface area contributed by atoms with Gasteiger partial charge in [0.2, 0.25) is 0 Å². The van der Waals surface area contributed by atoms with Gasteiger partial charge in [0.1, 0.15) is 12.0 Å². The van der Waals surface area contributed by atoms with E-state index in [1.165, 1.54) is 6.07 Å². The summed E-state index contributed by atoms with van der Waals surface area (Å²) in [5.74, 6) is -0.742. The van der Waals surface area contributed by atoms with Gasteiger partial charge in [-0.3, -0.25) is 10.1 Å². The van der Waals surface area contributed by atoms with E-state index in [0.717, 1.165) is 6.20 Å². The third-order valence-electron chi connectivity index (χ3n) is 3.50. The smallest absolute Gasteiger partial charge is 0.356 e. The number of piperidine rings is 1. The fraction of sp³-hybridized carbons (Fsp3) is 0.583. The highest BCUT2D eigenvalue weighted by atomic mass is 19.4.